The van der Waals surface area contributed by atoms with Gasteiger partial charge in [0.05, 0.1) is 0 Å². The average Bonchev–Trinajstić information content (AvgIpc) is 2.46. The Kier molecular flexibility index (Phi) is 7.53. The van der Waals surface area contributed by atoms with Crippen molar-refractivity contribution in [2.24, 2.45) is 5.92 Å². The van der Waals surface area contributed by atoms with Gasteiger partial charge in [0.25, 0.3) is 0 Å². The van der Waals surface area contributed by atoms with Gasteiger partial charge in [0.15, 0.2) is 0 Å². The zero-order valence-electron chi connectivity index (χ0n) is 14.7. The van der Waals surface area contributed by atoms with Gasteiger partial charge >= 0.3 is 0 Å². The molecule has 2 saturated carbocycles. The SMILES string of the molecule is CCCNC1CCCCCCC1N(C)C1CCCCC1C. The Morgan fingerprint density at radius 2 is 1.48 bits per heavy atom. The molecule has 0 aromatic rings. The van der Waals surface area contributed by atoms with Crippen molar-refractivity contribution in [2.45, 2.75) is 103 Å². The molecule has 0 saturated heterocycles. The lowest BCUT2D eigenvalue weighted by Gasteiger charge is -2.44. The molecule has 2 rings (SSSR count). The third kappa shape index (κ3) is 4.96. The Morgan fingerprint density at radius 3 is 2.19 bits per heavy atom. The Balaban J connectivity index is 2.01. The maximum Gasteiger partial charge on any atom is 0.0249 e. The number of nitrogens with one attached hydrogen (secondary N) is 1. The third-order valence-electron chi connectivity index (χ3n) is 6.00. The summed E-state index contributed by atoms with van der Waals surface area (Å²) in [5, 5.41) is 3.88. The highest BCUT2D eigenvalue weighted by Gasteiger charge is 2.33. The van der Waals surface area contributed by atoms with E-state index in [2.05, 4.69) is 31.1 Å². The van der Waals surface area contributed by atoms with Crippen LogP contribution in [0.1, 0.15) is 84.5 Å². The van der Waals surface area contributed by atoms with Crippen LogP contribution in [0.2, 0.25) is 0 Å². The quantitative estimate of drug-likeness (QED) is 0.798. The molecule has 0 spiro atoms. The largest absolute Gasteiger partial charge is 0.312 e. The second-order valence-electron chi connectivity index (χ2n) is 7.61. The average molecular weight is 295 g/mol. The van der Waals surface area contributed by atoms with Crippen molar-refractivity contribution in [1.29, 1.82) is 0 Å². The van der Waals surface area contributed by atoms with E-state index in [9.17, 15) is 0 Å². The van der Waals surface area contributed by atoms with E-state index in [1.165, 1.54) is 77.2 Å². The topological polar surface area (TPSA) is 15.3 Å². The summed E-state index contributed by atoms with van der Waals surface area (Å²) in [6.07, 6.45) is 15.6. The molecule has 124 valence electrons. The van der Waals surface area contributed by atoms with Gasteiger partial charge in [0.1, 0.15) is 0 Å². The normalized spacial score (nSPS) is 35.4. The second-order valence-corrected chi connectivity index (χ2v) is 7.61. The van der Waals surface area contributed by atoms with Crippen molar-refractivity contribution in [1.82, 2.24) is 10.2 Å². The first-order chi connectivity index (χ1) is 10.2. The smallest absolute Gasteiger partial charge is 0.0249 e. The van der Waals surface area contributed by atoms with Gasteiger partial charge in [-0.2, -0.15) is 0 Å². The van der Waals surface area contributed by atoms with Gasteiger partial charge in [0.2, 0.25) is 0 Å². The van der Waals surface area contributed by atoms with Gasteiger partial charge in [0, 0.05) is 18.1 Å². The minimum atomic E-state index is 0.726. The van der Waals surface area contributed by atoms with Crippen LogP contribution < -0.4 is 5.32 Å². The van der Waals surface area contributed by atoms with Gasteiger partial charge in [-0.1, -0.05) is 52.4 Å². The fourth-order valence-electron chi connectivity index (χ4n) is 4.67. The molecule has 2 nitrogen and oxygen atoms in total. The van der Waals surface area contributed by atoms with Crippen LogP contribution in [-0.2, 0) is 0 Å². The zero-order chi connectivity index (χ0) is 15.1. The molecule has 0 heterocycles. The molecule has 0 bridgehead atoms. The van der Waals surface area contributed by atoms with E-state index in [1.54, 1.807) is 0 Å². The monoisotopic (exact) mass is 294 g/mol. The van der Waals surface area contributed by atoms with Crippen molar-refractivity contribution in [2.75, 3.05) is 13.6 Å². The summed E-state index contributed by atoms with van der Waals surface area (Å²) >= 11 is 0. The van der Waals surface area contributed by atoms with E-state index in [-0.39, 0.29) is 0 Å². The predicted octanol–water partition coefficient (Wildman–Crippen LogP) is 4.59. The molecule has 2 aliphatic rings. The lowest BCUT2D eigenvalue weighted by Crippen LogP contribution is -2.54. The summed E-state index contributed by atoms with van der Waals surface area (Å²) in [5.74, 6) is 0.890. The van der Waals surface area contributed by atoms with Crippen LogP contribution in [0.3, 0.4) is 0 Å². The van der Waals surface area contributed by atoms with Gasteiger partial charge in [-0.05, 0) is 51.6 Å². The second kappa shape index (κ2) is 9.15. The summed E-state index contributed by atoms with van der Waals surface area (Å²) in [6.45, 7) is 5.96. The molecule has 0 radical (unpaired) electrons. The van der Waals surface area contributed by atoms with Gasteiger partial charge in [-0.3, -0.25) is 4.90 Å². The third-order valence-corrected chi connectivity index (χ3v) is 6.00. The molecule has 0 amide bonds. The molecule has 21 heavy (non-hydrogen) atoms. The molecule has 2 aliphatic carbocycles. The molecule has 4 atom stereocenters. The number of nitrogens with zero attached hydrogens (tertiary/aromatic N) is 1. The molecule has 2 heteroatoms. The van der Waals surface area contributed by atoms with Crippen molar-refractivity contribution in [3.8, 4) is 0 Å². The highest BCUT2D eigenvalue weighted by atomic mass is 15.2. The highest BCUT2D eigenvalue weighted by Crippen LogP contribution is 2.31. The van der Waals surface area contributed by atoms with Crippen LogP contribution >= 0.6 is 0 Å². The molecule has 0 aliphatic heterocycles. The number of hydrogen-bond acceptors (Lipinski definition) is 2. The summed E-state index contributed by atoms with van der Waals surface area (Å²) in [5.41, 5.74) is 0. The van der Waals surface area contributed by atoms with E-state index in [0.717, 1.165) is 24.0 Å². The lowest BCUT2D eigenvalue weighted by atomic mass is 9.82. The molecule has 4 unspecified atom stereocenters. The molecule has 2 fully saturated rings. The van der Waals surface area contributed by atoms with E-state index in [0.29, 0.717) is 0 Å². The van der Waals surface area contributed by atoms with Crippen LogP contribution in [0.15, 0.2) is 0 Å². The van der Waals surface area contributed by atoms with E-state index in [4.69, 9.17) is 0 Å². The first-order valence-electron chi connectivity index (χ1n) is 9.69. The van der Waals surface area contributed by atoms with Gasteiger partial charge in [-0.15, -0.1) is 0 Å². The minimum Gasteiger partial charge on any atom is -0.312 e. The zero-order valence-corrected chi connectivity index (χ0v) is 14.7. The van der Waals surface area contributed by atoms with Crippen LogP contribution in [0.5, 0.6) is 0 Å². The van der Waals surface area contributed by atoms with E-state index in [1.807, 2.05) is 0 Å². The van der Waals surface area contributed by atoms with Crippen molar-refractivity contribution >= 4 is 0 Å². The number of rotatable bonds is 5. The Morgan fingerprint density at radius 1 is 0.857 bits per heavy atom. The summed E-state index contributed by atoms with van der Waals surface area (Å²) < 4.78 is 0. The number of hydrogen-bond donors (Lipinski definition) is 1. The number of likely N-dealkylation sites (N-methyl/N-ethyl adjacent to an activating group) is 1. The lowest BCUT2D eigenvalue weighted by molar-refractivity contribution is 0.0652. The Hall–Kier alpha value is -0.0800. The van der Waals surface area contributed by atoms with Crippen LogP contribution in [0.4, 0.5) is 0 Å². The molecular formula is C19H38N2. The summed E-state index contributed by atoms with van der Waals surface area (Å²) in [7, 11) is 2.43. The van der Waals surface area contributed by atoms with Crippen molar-refractivity contribution in [3.05, 3.63) is 0 Å². The molecule has 0 aromatic carbocycles. The molecule has 1 N–H and O–H groups in total. The fourth-order valence-corrected chi connectivity index (χ4v) is 4.67. The highest BCUT2D eigenvalue weighted by molar-refractivity contribution is 4.90. The molecular weight excluding hydrogens is 256 g/mol. The first kappa shape index (κ1) is 17.3. The minimum absolute atomic E-state index is 0.726. The maximum atomic E-state index is 3.88. The summed E-state index contributed by atoms with van der Waals surface area (Å²) in [4.78, 5) is 2.79. The Bertz CT molecular complexity index is 277. The van der Waals surface area contributed by atoms with Crippen LogP contribution in [0.25, 0.3) is 0 Å². The van der Waals surface area contributed by atoms with E-state index < -0.39 is 0 Å². The molecule has 0 aromatic heterocycles. The summed E-state index contributed by atoms with van der Waals surface area (Å²) in [6, 6.07) is 2.32. The van der Waals surface area contributed by atoms with Crippen molar-refractivity contribution in [3.63, 3.8) is 0 Å². The standard InChI is InChI=1S/C19H38N2/c1-4-15-20-17-12-7-5-6-8-14-19(17)21(3)18-13-10-9-11-16(18)2/h16-20H,4-15H2,1-3H3. The Labute approximate surface area is 133 Å². The van der Waals surface area contributed by atoms with Crippen LogP contribution in [-0.4, -0.2) is 36.6 Å². The van der Waals surface area contributed by atoms with Crippen LogP contribution in [0, 0.1) is 5.92 Å². The fraction of sp³-hybridized carbons (Fsp3) is 1.00. The van der Waals surface area contributed by atoms with Gasteiger partial charge < -0.3 is 5.32 Å². The first-order valence-corrected chi connectivity index (χ1v) is 9.69. The van der Waals surface area contributed by atoms with Gasteiger partial charge in [-0.25, -0.2) is 0 Å². The predicted molar refractivity (Wildman–Crippen MR) is 92.8 cm³/mol. The maximum absolute atomic E-state index is 3.88. The van der Waals surface area contributed by atoms with Crippen molar-refractivity contribution < 1.29 is 0 Å². The van der Waals surface area contributed by atoms with E-state index >= 15 is 0 Å².